The summed E-state index contributed by atoms with van der Waals surface area (Å²) in [6, 6.07) is 0. The Morgan fingerprint density at radius 2 is 1.85 bits per heavy atom. The van der Waals surface area contributed by atoms with Crippen LogP contribution in [0.15, 0.2) is 26.9 Å². The quantitative estimate of drug-likeness (QED) is 0.339. The predicted molar refractivity (Wildman–Crippen MR) is 71.3 cm³/mol. The highest BCUT2D eigenvalue weighted by molar-refractivity contribution is 5.69. The smallest absolute Gasteiger partial charge is 0.325 e. The monoisotopic (exact) mass is 277 g/mol. The average Bonchev–Trinajstić information content (AvgIpc) is 2.83. The van der Waals surface area contributed by atoms with Gasteiger partial charge in [0.15, 0.2) is 11.2 Å². The zero-order chi connectivity index (χ0) is 14.7. The summed E-state index contributed by atoms with van der Waals surface area (Å²) in [4.78, 5) is 48.8. The first kappa shape index (κ1) is 13.3. The van der Waals surface area contributed by atoms with Gasteiger partial charge < -0.3 is 15.7 Å². The summed E-state index contributed by atoms with van der Waals surface area (Å²) in [5.41, 5.74) is 5.36. The number of nitrogens with one attached hydrogen (secondary N) is 4. The van der Waals surface area contributed by atoms with Crippen LogP contribution in [-0.2, 0) is 0 Å². The van der Waals surface area contributed by atoms with E-state index in [4.69, 9.17) is 5.73 Å². The zero-order valence-electron chi connectivity index (χ0n) is 10.4. The Morgan fingerprint density at radius 3 is 2.50 bits per heavy atom. The summed E-state index contributed by atoms with van der Waals surface area (Å²) < 4.78 is 0. The third-order valence-corrected chi connectivity index (χ3v) is 2.32. The molecule has 0 saturated heterocycles. The number of H-pyrrole nitrogens is 4. The van der Waals surface area contributed by atoms with Gasteiger partial charge in [0.1, 0.15) is 0 Å². The topological polar surface area (TPSA) is 166 Å². The number of aromatic nitrogens is 6. The van der Waals surface area contributed by atoms with Gasteiger partial charge in [-0.15, -0.1) is 0 Å². The maximum Gasteiger partial charge on any atom is 0.325 e. The average molecular weight is 277 g/mol. The van der Waals surface area contributed by atoms with Gasteiger partial charge in [-0.05, 0) is 6.92 Å². The number of imidazole rings is 1. The Hall–Kier alpha value is -3.17. The number of fused-ring (bicyclic) bond motifs is 1. The summed E-state index contributed by atoms with van der Waals surface area (Å²) >= 11 is 0. The molecule has 0 aliphatic rings. The Balaban J connectivity index is 0.000000151. The number of nitrogens with two attached hydrogens (primary N) is 1. The van der Waals surface area contributed by atoms with Gasteiger partial charge in [0, 0.05) is 11.8 Å². The van der Waals surface area contributed by atoms with Crippen molar-refractivity contribution >= 4 is 17.1 Å². The number of aryl methyl sites for hydroxylation is 1. The standard InChI is InChI=1S/C5H5N5O.C5H6N2O2/c6-5-9-3-2(4(11)10-5)7-1-8-3;1-3-2-6-5(9)7-4(3)8/h1H,(H4,6,7,8,9,10,11);2H,1H3,(H2,6,7,8,9). The van der Waals surface area contributed by atoms with Crippen molar-refractivity contribution in [3.05, 3.63) is 49.3 Å². The van der Waals surface area contributed by atoms with E-state index in [-0.39, 0.29) is 17.1 Å². The second-order valence-corrected chi connectivity index (χ2v) is 3.81. The molecule has 10 nitrogen and oxygen atoms in total. The van der Waals surface area contributed by atoms with Crippen LogP contribution < -0.4 is 22.5 Å². The molecule has 0 bridgehead atoms. The summed E-state index contributed by atoms with van der Waals surface area (Å²) in [7, 11) is 0. The van der Waals surface area contributed by atoms with Crippen molar-refractivity contribution in [2.45, 2.75) is 6.92 Å². The van der Waals surface area contributed by atoms with Gasteiger partial charge in [-0.2, -0.15) is 4.98 Å². The first-order valence-corrected chi connectivity index (χ1v) is 5.45. The second kappa shape index (κ2) is 5.22. The lowest BCUT2D eigenvalue weighted by atomic mass is 10.4. The van der Waals surface area contributed by atoms with E-state index < -0.39 is 5.69 Å². The summed E-state index contributed by atoms with van der Waals surface area (Å²) in [5.74, 6) is 0.0783. The normalized spacial score (nSPS) is 10.1. The van der Waals surface area contributed by atoms with Crippen molar-refractivity contribution < 1.29 is 0 Å². The molecule has 0 aliphatic heterocycles. The molecule has 6 N–H and O–H groups in total. The molecule has 0 fully saturated rings. The SMILES string of the molecule is Cc1c[nH]c(=O)[nH]c1=O.Nc1nc2nc[nH]c2c(=O)[nH]1. The van der Waals surface area contributed by atoms with E-state index in [1.54, 1.807) is 6.92 Å². The molecule has 3 rings (SSSR count). The largest absolute Gasteiger partial charge is 0.369 e. The van der Waals surface area contributed by atoms with Crippen molar-refractivity contribution in [2.24, 2.45) is 0 Å². The van der Waals surface area contributed by atoms with Crippen LogP contribution in [0.1, 0.15) is 5.56 Å². The first-order valence-electron chi connectivity index (χ1n) is 5.45. The number of nitrogen functional groups attached to an aromatic ring is 1. The highest BCUT2D eigenvalue weighted by atomic mass is 16.2. The molecule has 0 unspecified atom stereocenters. The second-order valence-electron chi connectivity index (χ2n) is 3.81. The first-order chi connectivity index (χ1) is 9.47. The highest BCUT2D eigenvalue weighted by Crippen LogP contribution is 1.98. The van der Waals surface area contributed by atoms with Crippen LogP contribution in [0.2, 0.25) is 0 Å². The maximum absolute atomic E-state index is 11.0. The highest BCUT2D eigenvalue weighted by Gasteiger charge is 2.01. The minimum Gasteiger partial charge on any atom is -0.369 e. The van der Waals surface area contributed by atoms with Crippen LogP contribution in [0.5, 0.6) is 0 Å². The van der Waals surface area contributed by atoms with E-state index in [1.807, 2.05) is 0 Å². The van der Waals surface area contributed by atoms with Crippen LogP contribution in [0, 0.1) is 6.92 Å². The molecule has 20 heavy (non-hydrogen) atoms. The van der Waals surface area contributed by atoms with Crippen LogP contribution in [0.4, 0.5) is 5.95 Å². The van der Waals surface area contributed by atoms with Gasteiger partial charge in [0.2, 0.25) is 5.95 Å². The van der Waals surface area contributed by atoms with Crippen LogP contribution in [0.3, 0.4) is 0 Å². The molecule has 3 heterocycles. The van der Waals surface area contributed by atoms with Crippen LogP contribution in [-0.4, -0.2) is 29.9 Å². The molecule has 3 aromatic heterocycles. The molecule has 0 amide bonds. The molecule has 0 atom stereocenters. The predicted octanol–water partition coefficient (Wildman–Crippen LogP) is -1.40. The summed E-state index contributed by atoms with van der Waals surface area (Å²) in [5, 5.41) is 0. The fourth-order valence-electron chi connectivity index (χ4n) is 1.34. The van der Waals surface area contributed by atoms with Crippen LogP contribution >= 0.6 is 0 Å². The third-order valence-electron chi connectivity index (χ3n) is 2.32. The zero-order valence-corrected chi connectivity index (χ0v) is 10.4. The van der Waals surface area contributed by atoms with E-state index in [0.29, 0.717) is 16.7 Å². The van der Waals surface area contributed by atoms with Gasteiger partial charge in [-0.25, -0.2) is 9.78 Å². The molecule has 0 aromatic carbocycles. The van der Waals surface area contributed by atoms with E-state index in [2.05, 4.69) is 29.9 Å². The number of hydrogen-bond donors (Lipinski definition) is 5. The molecule has 104 valence electrons. The summed E-state index contributed by atoms with van der Waals surface area (Å²) in [6.45, 7) is 1.62. The van der Waals surface area contributed by atoms with E-state index in [9.17, 15) is 14.4 Å². The van der Waals surface area contributed by atoms with Crippen molar-refractivity contribution in [3.63, 3.8) is 0 Å². The third kappa shape index (κ3) is 2.80. The van der Waals surface area contributed by atoms with Gasteiger partial charge >= 0.3 is 5.69 Å². The lowest BCUT2D eigenvalue weighted by molar-refractivity contribution is 1.01. The molecular formula is C10H11N7O3. The molecule has 3 aromatic rings. The van der Waals surface area contributed by atoms with E-state index in [0.717, 1.165) is 0 Å². The Labute approximate surface area is 110 Å². The van der Waals surface area contributed by atoms with Gasteiger partial charge in [-0.1, -0.05) is 0 Å². The molecular weight excluding hydrogens is 266 g/mol. The van der Waals surface area contributed by atoms with Crippen molar-refractivity contribution in [1.29, 1.82) is 0 Å². The number of nitrogens with zero attached hydrogens (tertiary/aromatic N) is 2. The Kier molecular flexibility index (Phi) is 3.46. The van der Waals surface area contributed by atoms with Crippen molar-refractivity contribution in [3.8, 4) is 0 Å². The Morgan fingerprint density at radius 1 is 1.10 bits per heavy atom. The van der Waals surface area contributed by atoms with Gasteiger partial charge in [0.25, 0.3) is 11.1 Å². The minimum absolute atomic E-state index is 0.0783. The lowest BCUT2D eigenvalue weighted by Gasteiger charge is -1.89. The number of rotatable bonds is 0. The van der Waals surface area contributed by atoms with Crippen molar-refractivity contribution in [2.75, 3.05) is 5.73 Å². The molecule has 0 aliphatic carbocycles. The fourth-order valence-corrected chi connectivity index (χ4v) is 1.34. The number of aromatic amines is 4. The maximum atomic E-state index is 11.0. The van der Waals surface area contributed by atoms with Gasteiger partial charge in [0.05, 0.1) is 6.33 Å². The van der Waals surface area contributed by atoms with Crippen molar-refractivity contribution in [1.82, 2.24) is 29.9 Å². The van der Waals surface area contributed by atoms with Crippen LogP contribution in [0.25, 0.3) is 11.2 Å². The molecule has 0 radical (unpaired) electrons. The Bertz CT molecular complexity index is 901. The van der Waals surface area contributed by atoms with E-state index in [1.165, 1.54) is 12.5 Å². The molecule has 0 saturated carbocycles. The molecule has 10 heteroatoms. The molecule has 0 spiro atoms. The van der Waals surface area contributed by atoms with Gasteiger partial charge in [-0.3, -0.25) is 19.6 Å². The number of anilines is 1. The minimum atomic E-state index is -0.467. The summed E-state index contributed by atoms with van der Waals surface area (Å²) in [6.07, 6.45) is 2.77. The fraction of sp³-hybridized carbons (Fsp3) is 0.100. The lowest BCUT2D eigenvalue weighted by Crippen LogP contribution is -2.22. The van der Waals surface area contributed by atoms with E-state index >= 15 is 0 Å². The number of hydrogen-bond acceptors (Lipinski definition) is 6.